The summed E-state index contributed by atoms with van der Waals surface area (Å²) >= 11 is 3.40. The Kier molecular flexibility index (Phi) is 6.87. The van der Waals surface area contributed by atoms with Crippen LogP contribution in [0.2, 0.25) is 0 Å². The summed E-state index contributed by atoms with van der Waals surface area (Å²) < 4.78 is 41.3. The average molecular weight is 443 g/mol. The van der Waals surface area contributed by atoms with Gasteiger partial charge >= 0.3 is 0 Å². The van der Waals surface area contributed by atoms with Gasteiger partial charge < -0.3 is 14.2 Å². The van der Waals surface area contributed by atoms with Gasteiger partial charge in [-0.15, -0.1) is 0 Å². The van der Waals surface area contributed by atoms with Gasteiger partial charge in [0.15, 0.2) is 0 Å². The Morgan fingerprint density at radius 3 is 2.46 bits per heavy atom. The SMILES string of the molecule is CCOc1ccc(/C=N/NS(=O)(=O)c2cc(OC)ccc2OC)cc1Br. The first-order valence-electron chi connectivity index (χ1n) is 7.60. The molecule has 7 nitrogen and oxygen atoms in total. The van der Waals surface area contributed by atoms with Crippen molar-refractivity contribution >= 4 is 32.2 Å². The fourth-order valence-electron chi connectivity index (χ4n) is 2.08. The molecule has 1 N–H and O–H groups in total. The number of ether oxygens (including phenoxy) is 3. The standard InChI is InChI=1S/C17H19BrN2O5S/c1-4-25-15-7-5-12(9-14(15)18)11-19-20-26(21,22)17-10-13(23-2)6-8-16(17)24-3/h5-11,20H,4H2,1-3H3/b19-11+. The zero-order chi connectivity index (χ0) is 19.2. The topological polar surface area (TPSA) is 86.2 Å². The van der Waals surface area contributed by atoms with Crippen molar-refractivity contribution in [2.24, 2.45) is 5.10 Å². The minimum absolute atomic E-state index is 0.0654. The molecule has 0 spiro atoms. The maximum absolute atomic E-state index is 12.5. The predicted octanol–water partition coefficient (Wildman–Crippen LogP) is 3.18. The molecule has 26 heavy (non-hydrogen) atoms. The lowest BCUT2D eigenvalue weighted by molar-refractivity contribution is 0.338. The Labute approximate surface area is 161 Å². The Hall–Kier alpha value is -2.26. The highest BCUT2D eigenvalue weighted by Gasteiger charge is 2.20. The van der Waals surface area contributed by atoms with E-state index < -0.39 is 10.0 Å². The van der Waals surface area contributed by atoms with E-state index in [1.54, 1.807) is 24.3 Å². The summed E-state index contributed by atoms with van der Waals surface area (Å²) in [7, 11) is -1.08. The molecule has 0 saturated heterocycles. The van der Waals surface area contributed by atoms with Crippen LogP contribution in [-0.4, -0.2) is 35.5 Å². The van der Waals surface area contributed by atoms with E-state index in [0.29, 0.717) is 23.7 Å². The number of benzene rings is 2. The maximum Gasteiger partial charge on any atom is 0.280 e. The molecule has 0 aliphatic carbocycles. The number of nitrogens with one attached hydrogen (secondary N) is 1. The van der Waals surface area contributed by atoms with Gasteiger partial charge in [0.2, 0.25) is 0 Å². The van der Waals surface area contributed by atoms with E-state index in [4.69, 9.17) is 14.2 Å². The zero-order valence-corrected chi connectivity index (χ0v) is 16.9. The van der Waals surface area contributed by atoms with Crippen molar-refractivity contribution in [1.82, 2.24) is 4.83 Å². The molecule has 2 rings (SSSR count). The second kappa shape index (κ2) is 8.91. The number of halogens is 1. The summed E-state index contributed by atoms with van der Waals surface area (Å²) in [6.07, 6.45) is 1.39. The normalized spacial score (nSPS) is 11.4. The summed E-state index contributed by atoms with van der Waals surface area (Å²) in [5.74, 6) is 1.29. The van der Waals surface area contributed by atoms with Crippen LogP contribution < -0.4 is 19.0 Å². The van der Waals surface area contributed by atoms with Crippen LogP contribution in [0.3, 0.4) is 0 Å². The van der Waals surface area contributed by atoms with Crippen LogP contribution in [0.25, 0.3) is 0 Å². The summed E-state index contributed by atoms with van der Waals surface area (Å²) in [4.78, 5) is 2.10. The van der Waals surface area contributed by atoms with E-state index in [0.717, 1.165) is 4.47 Å². The van der Waals surface area contributed by atoms with E-state index in [2.05, 4.69) is 25.9 Å². The Balaban J connectivity index is 2.20. The predicted molar refractivity (Wildman–Crippen MR) is 103 cm³/mol. The van der Waals surface area contributed by atoms with Crippen LogP contribution in [0.15, 0.2) is 50.9 Å². The van der Waals surface area contributed by atoms with Crippen molar-refractivity contribution in [2.45, 2.75) is 11.8 Å². The zero-order valence-electron chi connectivity index (χ0n) is 14.5. The highest BCUT2D eigenvalue weighted by Crippen LogP contribution is 2.28. The molecule has 0 amide bonds. The molecule has 0 unspecified atom stereocenters. The van der Waals surface area contributed by atoms with Gasteiger partial charge in [0.05, 0.1) is 31.5 Å². The first-order chi connectivity index (χ1) is 12.4. The molecule has 0 saturated carbocycles. The Morgan fingerprint density at radius 2 is 1.85 bits per heavy atom. The minimum Gasteiger partial charge on any atom is -0.497 e. The summed E-state index contributed by atoms with van der Waals surface area (Å²) in [6.45, 7) is 2.44. The third kappa shape index (κ3) is 4.89. The Bertz CT molecular complexity index is 900. The smallest absolute Gasteiger partial charge is 0.280 e. The molecule has 0 aliphatic heterocycles. The Morgan fingerprint density at radius 1 is 1.12 bits per heavy atom. The number of hydrogen-bond acceptors (Lipinski definition) is 6. The molecule has 0 radical (unpaired) electrons. The molecule has 2 aromatic rings. The fourth-order valence-corrected chi connectivity index (χ4v) is 3.57. The van der Waals surface area contributed by atoms with Crippen molar-refractivity contribution in [3.63, 3.8) is 0 Å². The van der Waals surface area contributed by atoms with Gasteiger partial charge in [-0.2, -0.15) is 18.4 Å². The van der Waals surface area contributed by atoms with E-state index >= 15 is 0 Å². The number of hydrazone groups is 1. The number of rotatable bonds is 8. The highest BCUT2D eigenvalue weighted by atomic mass is 79.9. The molecular weight excluding hydrogens is 424 g/mol. The first kappa shape index (κ1) is 20.1. The van der Waals surface area contributed by atoms with Crippen LogP contribution in [0.1, 0.15) is 12.5 Å². The van der Waals surface area contributed by atoms with E-state index in [1.807, 2.05) is 6.92 Å². The minimum atomic E-state index is -3.92. The molecule has 0 aromatic heterocycles. The van der Waals surface area contributed by atoms with Crippen LogP contribution in [-0.2, 0) is 10.0 Å². The van der Waals surface area contributed by atoms with Crippen molar-refractivity contribution in [3.8, 4) is 17.2 Å². The van der Waals surface area contributed by atoms with Crippen molar-refractivity contribution in [2.75, 3.05) is 20.8 Å². The van der Waals surface area contributed by atoms with Crippen LogP contribution in [0.4, 0.5) is 0 Å². The molecular formula is C17H19BrN2O5S. The van der Waals surface area contributed by atoms with Gasteiger partial charge in [-0.1, -0.05) is 0 Å². The number of sulfonamides is 1. The average Bonchev–Trinajstić information content (AvgIpc) is 2.63. The van der Waals surface area contributed by atoms with Gasteiger partial charge in [0.25, 0.3) is 10.0 Å². The second-order valence-corrected chi connectivity index (χ2v) is 7.48. The van der Waals surface area contributed by atoms with Crippen LogP contribution in [0, 0.1) is 0 Å². The number of hydrogen-bond donors (Lipinski definition) is 1. The van der Waals surface area contributed by atoms with Gasteiger partial charge in [0, 0.05) is 6.07 Å². The molecule has 140 valence electrons. The lowest BCUT2D eigenvalue weighted by Crippen LogP contribution is -2.19. The molecule has 9 heteroatoms. The molecule has 0 fully saturated rings. The fraction of sp³-hybridized carbons (Fsp3) is 0.235. The third-order valence-electron chi connectivity index (χ3n) is 3.30. The molecule has 0 aliphatic rings. The van der Waals surface area contributed by atoms with Crippen LogP contribution in [0.5, 0.6) is 17.2 Å². The lowest BCUT2D eigenvalue weighted by Gasteiger charge is -2.10. The molecule has 2 aromatic carbocycles. The highest BCUT2D eigenvalue weighted by molar-refractivity contribution is 9.10. The van der Waals surface area contributed by atoms with E-state index in [1.165, 1.54) is 32.6 Å². The quantitative estimate of drug-likeness (QED) is 0.501. The monoisotopic (exact) mass is 442 g/mol. The van der Waals surface area contributed by atoms with Crippen molar-refractivity contribution < 1.29 is 22.6 Å². The molecule has 0 heterocycles. The number of methoxy groups -OCH3 is 2. The van der Waals surface area contributed by atoms with E-state index in [9.17, 15) is 8.42 Å². The first-order valence-corrected chi connectivity index (χ1v) is 9.88. The molecule has 0 bridgehead atoms. The van der Waals surface area contributed by atoms with Gasteiger partial charge in [-0.3, -0.25) is 0 Å². The van der Waals surface area contributed by atoms with Crippen molar-refractivity contribution in [1.29, 1.82) is 0 Å². The van der Waals surface area contributed by atoms with Gasteiger partial charge in [0.1, 0.15) is 22.1 Å². The van der Waals surface area contributed by atoms with Gasteiger partial charge in [-0.05, 0) is 58.7 Å². The maximum atomic E-state index is 12.5. The lowest BCUT2D eigenvalue weighted by atomic mass is 10.2. The summed E-state index contributed by atoms with van der Waals surface area (Å²) in [5, 5.41) is 3.82. The van der Waals surface area contributed by atoms with Crippen LogP contribution >= 0.6 is 15.9 Å². The largest absolute Gasteiger partial charge is 0.497 e. The summed E-state index contributed by atoms with van der Waals surface area (Å²) in [6, 6.07) is 9.80. The summed E-state index contributed by atoms with van der Waals surface area (Å²) in [5.41, 5.74) is 0.695. The third-order valence-corrected chi connectivity index (χ3v) is 5.17. The second-order valence-electron chi connectivity index (χ2n) is 4.99. The van der Waals surface area contributed by atoms with E-state index in [-0.39, 0.29) is 10.6 Å². The van der Waals surface area contributed by atoms with Crippen molar-refractivity contribution in [3.05, 3.63) is 46.4 Å². The number of nitrogens with zero attached hydrogens (tertiary/aromatic N) is 1. The van der Waals surface area contributed by atoms with Gasteiger partial charge in [-0.25, -0.2) is 0 Å². The molecule has 0 atom stereocenters.